The van der Waals surface area contributed by atoms with Crippen molar-refractivity contribution in [2.75, 3.05) is 25.6 Å². The Labute approximate surface area is 148 Å². The van der Waals surface area contributed by atoms with Gasteiger partial charge in [-0.05, 0) is 49.2 Å². The second kappa shape index (κ2) is 9.69. The van der Waals surface area contributed by atoms with Crippen molar-refractivity contribution in [3.05, 3.63) is 54.1 Å². The van der Waals surface area contributed by atoms with Crippen LogP contribution in [-0.2, 0) is 9.53 Å². The summed E-state index contributed by atoms with van der Waals surface area (Å²) in [5, 5.41) is 2.88. The van der Waals surface area contributed by atoms with E-state index in [0.717, 1.165) is 17.1 Å². The Hall–Kier alpha value is -2.53. The number of ether oxygens (including phenoxy) is 3. The summed E-state index contributed by atoms with van der Waals surface area (Å²) in [6.07, 6.45) is 0.0389. The Morgan fingerprint density at radius 2 is 1.80 bits per heavy atom. The standard InChI is InChI=1S/C20H25NO4/c1-4-18(25-19-8-6-5-7-15(19)2)20(22)21-16-9-11-17(12-10-16)24-14-13-23-3/h5-12,18H,4,13-14H2,1-3H3,(H,21,22). The third kappa shape index (κ3) is 5.80. The van der Waals surface area contributed by atoms with Crippen LogP contribution >= 0.6 is 0 Å². The second-order valence-electron chi connectivity index (χ2n) is 5.64. The monoisotopic (exact) mass is 343 g/mol. The first-order chi connectivity index (χ1) is 12.1. The van der Waals surface area contributed by atoms with Crippen LogP contribution in [-0.4, -0.2) is 32.3 Å². The van der Waals surface area contributed by atoms with Gasteiger partial charge in [0.15, 0.2) is 6.10 Å². The van der Waals surface area contributed by atoms with Gasteiger partial charge in [-0.1, -0.05) is 25.1 Å². The van der Waals surface area contributed by atoms with Crippen LogP contribution in [0.1, 0.15) is 18.9 Å². The van der Waals surface area contributed by atoms with Crippen molar-refractivity contribution in [3.8, 4) is 11.5 Å². The summed E-state index contributed by atoms with van der Waals surface area (Å²) in [5.41, 5.74) is 1.71. The minimum Gasteiger partial charge on any atom is -0.491 e. The number of amides is 1. The maximum Gasteiger partial charge on any atom is 0.265 e. The molecular weight excluding hydrogens is 318 g/mol. The molecule has 2 rings (SSSR count). The van der Waals surface area contributed by atoms with E-state index >= 15 is 0 Å². The molecule has 0 bridgehead atoms. The van der Waals surface area contributed by atoms with Crippen LogP contribution in [0.5, 0.6) is 11.5 Å². The molecule has 0 heterocycles. The van der Waals surface area contributed by atoms with Crippen molar-refractivity contribution < 1.29 is 19.0 Å². The molecule has 2 aromatic rings. The number of hydrogen-bond acceptors (Lipinski definition) is 4. The van der Waals surface area contributed by atoms with Crippen LogP contribution in [0.2, 0.25) is 0 Å². The molecule has 5 heteroatoms. The number of rotatable bonds is 9. The van der Waals surface area contributed by atoms with E-state index in [4.69, 9.17) is 14.2 Å². The quantitative estimate of drug-likeness (QED) is 0.703. The number of carbonyl (C=O) groups is 1. The van der Waals surface area contributed by atoms with Gasteiger partial charge in [-0.2, -0.15) is 0 Å². The molecular formula is C20H25NO4. The lowest BCUT2D eigenvalue weighted by Crippen LogP contribution is -2.32. The first-order valence-electron chi connectivity index (χ1n) is 8.39. The lowest BCUT2D eigenvalue weighted by Gasteiger charge is -2.18. The van der Waals surface area contributed by atoms with Gasteiger partial charge in [0.2, 0.25) is 0 Å². The van der Waals surface area contributed by atoms with Crippen LogP contribution in [0.3, 0.4) is 0 Å². The van der Waals surface area contributed by atoms with E-state index < -0.39 is 6.10 Å². The lowest BCUT2D eigenvalue weighted by atomic mass is 10.2. The largest absolute Gasteiger partial charge is 0.491 e. The number of nitrogens with one attached hydrogen (secondary N) is 1. The second-order valence-corrected chi connectivity index (χ2v) is 5.64. The molecule has 0 saturated carbocycles. The molecule has 1 atom stereocenters. The van der Waals surface area contributed by atoms with Crippen LogP contribution in [0.15, 0.2) is 48.5 Å². The summed E-state index contributed by atoms with van der Waals surface area (Å²) < 4.78 is 16.3. The molecule has 0 saturated heterocycles. The predicted octanol–water partition coefficient (Wildman–Crippen LogP) is 3.82. The fourth-order valence-electron chi connectivity index (χ4n) is 2.26. The van der Waals surface area contributed by atoms with Crippen LogP contribution < -0.4 is 14.8 Å². The first-order valence-corrected chi connectivity index (χ1v) is 8.39. The smallest absolute Gasteiger partial charge is 0.265 e. The molecule has 0 aliphatic rings. The van der Waals surface area contributed by atoms with E-state index in [1.165, 1.54) is 0 Å². The Morgan fingerprint density at radius 3 is 2.44 bits per heavy atom. The van der Waals surface area contributed by atoms with Crippen molar-refractivity contribution >= 4 is 11.6 Å². The van der Waals surface area contributed by atoms with Gasteiger partial charge in [0.1, 0.15) is 18.1 Å². The normalized spacial score (nSPS) is 11.6. The molecule has 5 nitrogen and oxygen atoms in total. The van der Waals surface area contributed by atoms with Crippen molar-refractivity contribution in [2.24, 2.45) is 0 Å². The van der Waals surface area contributed by atoms with Gasteiger partial charge in [0.05, 0.1) is 6.61 Å². The summed E-state index contributed by atoms with van der Waals surface area (Å²) in [5.74, 6) is 1.29. The highest BCUT2D eigenvalue weighted by atomic mass is 16.5. The highest BCUT2D eigenvalue weighted by Crippen LogP contribution is 2.20. The summed E-state index contributed by atoms with van der Waals surface area (Å²) in [6, 6.07) is 14.9. The number of para-hydroxylation sites is 1. The fourth-order valence-corrected chi connectivity index (χ4v) is 2.26. The summed E-state index contributed by atoms with van der Waals surface area (Å²) in [6.45, 7) is 4.91. The van der Waals surface area contributed by atoms with Crippen molar-refractivity contribution in [1.82, 2.24) is 0 Å². The highest BCUT2D eigenvalue weighted by molar-refractivity contribution is 5.94. The highest BCUT2D eigenvalue weighted by Gasteiger charge is 2.19. The van der Waals surface area contributed by atoms with Crippen molar-refractivity contribution in [2.45, 2.75) is 26.4 Å². The molecule has 1 N–H and O–H groups in total. The van der Waals surface area contributed by atoms with Gasteiger partial charge < -0.3 is 19.5 Å². The average Bonchev–Trinajstić information content (AvgIpc) is 2.62. The molecule has 0 fully saturated rings. The van der Waals surface area contributed by atoms with Crippen molar-refractivity contribution in [3.63, 3.8) is 0 Å². The van der Waals surface area contributed by atoms with Gasteiger partial charge in [-0.15, -0.1) is 0 Å². The molecule has 0 aliphatic heterocycles. The zero-order valence-electron chi connectivity index (χ0n) is 15.0. The van der Waals surface area contributed by atoms with Crippen molar-refractivity contribution in [1.29, 1.82) is 0 Å². The van der Waals surface area contributed by atoms with Crippen LogP contribution in [0.4, 0.5) is 5.69 Å². The average molecular weight is 343 g/mol. The minimum absolute atomic E-state index is 0.168. The third-order valence-electron chi connectivity index (χ3n) is 3.70. The third-order valence-corrected chi connectivity index (χ3v) is 3.70. The molecule has 2 aromatic carbocycles. The lowest BCUT2D eigenvalue weighted by molar-refractivity contribution is -0.122. The number of hydrogen-bond donors (Lipinski definition) is 1. The molecule has 0 spiro atoms. The van der Waals surface area contributed by atoms with Gasteiger partial charge >= 0.3 is 0 Å². The fraction of sp³-hybridized carbons (Fsp3) is 0.350. The molecule has 1 unspecified atom stereocenters. The van der Waals surface area contributed by atoms with Crippen LogP contribution in [0.25, 0.3) is 0 Å². The Balaban J connectivity index is 1.93. The van der Waals surface area contributed by atoms with E-state index in [0.29, 0.717) is 25.3 Å². The van der Waals surface area contributed by atoms with Gasteiger partial charge in [0.25, 0.3) is 5.91 Å². The van der Waals surface area contributed by atoms with Gasteiger partial charge in [-0.3, -0.25) is 4.79 Å². The molecule has 0 aliphatic carbocycles. The first kappa shape index (κ1) is 18.8. The maximum atomic E-state index is 12.5. The summed E-state index contributed by atoms with van der Waals surface area (Å²) in [4.78, 5) is 12.5. The Kier molecular flexibility index (Phi) is 7.29. The molecule has 0 radical (unpaired) electrons. The predicted molar refractivity (Wildman–Crippen MR) is 98.3 cm³/mol. The van der Waals surface area contributed by atoms with E-state index in [2.05, 4.69) is 5.32 Å². The molecule has 134 valence electrons. The summed E-state index contributed by atoms with van der Waals surface area (Å²) >= 11 is 0. The van der Waals surface area contributed by atoms with E-state index in [9.17, 15) is 4.79 Å². The molecule has 25 heavy (non-hydrogen) atoms. The Bertz CT molecular complexity index is 670. The van der Waals surface area contributed by atoms with Gasteiger partial charge in [0, 0.05) is 12.8 Å². The zero-order chi connectivity index (χ0) is 18.1. The summed E-state index contributed by atoms with van der Waals surface area (Å²) in [7, 11) is 1.63. The minimum atomic E-state index is -0.543. The van der Waals surface area contributed by atoms with E-state index in [-0.39, 0.29) is 5.91 Å². The zero-order valence-corrected chi connectivity index (χ0v) is 15.0. The number of aryl methyl sites for hydroxylation is 1. The van der Waals surface area contributed by atoms with Crippen LogP contribution in [0, 0.1) is 6.92 Å². The number of carbonyl (C=O) groups excluding carboxylic acids is 1. The molecule has 0 aromatic heterocycles. The Morgan fingerprint density at radius 1 is 1.08 bits per heavy atom. The molecule has 1 amide bonds. The topological polar surface area (TPSA) is 56.8 Å². The number of anilines is 1. The SMILES string of the molecule is CCC(Oc1ccccc1C)C(=O)Nc1ccc(OCCOC)cc1. The van der Waals surface area contributed by atoms with E-state index in [1.54, 1.807) is 19.2 Å². The van der Waals surface area contributed by atoms with E-state index in [1.807, 2.05) is 50.2 Å². The van der Waals surface area contributed by atoms with Gasteiger partial charge in [-0.25, -0.2) is 0 Å². The number of methoxy groups -OCH3 is 1. The number of benzene rings is 2. The maximum absolute atomic E-state index is 12.5.